The Balaban J connectivity index is 2.73. The molecule has 20 heavy (non-hydrogen) atoms. The van der Waals surface area contributed by atoms with Gasteiger partial charge in [-0.25, -0.2) is 0 Å². The molecule has 108 valence electrons. The SMILES string of the molecule is CCCCC(=O)N[C@H](Cc1ccccc1)C(=O)C(C)=N. The molecule has 2 N–H and O–H groups in total. The number of hydrogen-bond donors (Lipinski definition) is 2. The van der Waals surface area contributed by atoms with Gasteiger partial charge in [-0.15, -0.1) is 0 Å². The lowest BCUT2D eigenvalue weighted by molar-refractivity contribution is -0.125. The van der Waals surface area contributed by atoms with E-state index in [1.54, 1.807) is 0 Å². The van der Waals surface area contributed by atoms with Crippen molar-refractivity contribution in [3.05, 3.63) is 35.9 Å². The molecule has 0 aliphatic heterocycles. The van der Waals surface area contributed by atoms with Crippen LogP contribution in [0.3, 0.4) is 0 Å². The maximum Gasteiger partial charge on any atom is 0.220 e. The molecule has 0 bridgehead atoms. The van der Waals surface area contributed by atoms with Crippen LogP contribution in [0.5, 0.6) is 0 Å². The van der Waals surface area contributed by atoms with Gasteiger partial charge in [-0.1, -0.05) is 43.7 Å². The van der Waals surface area contributed by atoms with Crippen LogP contribution in [0.4, 0.5) is 0 Å². The summed E-state index contributed by atoms with van der Waals surface area (Å²) < 4.78 is 0. The van der Waals surface area contributed by atoms with Gasteiger partial charge < -0.3 is 10.7 Å². The zero-order chi connectivity index (χ0) is 15.0. The molecule has 4 heteroatoms. The number of nitrogens with one attached hydrogen (secondary N) is 2. The Morgan fingerprint density at radius 1 is 1.25 bits per heavy atom. The van der Waals surface area contributed by atoms with Gasteiger partial charge in [0.1, 0.15) is 0 Å². The van der Waals surface area contributed by atoms with Crippen LogP contribution in [0.1, 0.15) is 38.7 Å². The van der Waals surface area contributed by atoms with E-state index in [9.17, 15) is 9.59 Å². The molecule has 0 fully saturated rings. The lowest BCUT2D eigenvalue weighted by Crippen LogP contribution is -2.44. The molecule has 1 rings (SSSR count). The molecule has 1 atom stereocenters. The van der Waals surface area contributed by atoms with Gasteiger partial charge in [0.05, 0.1) is 11.8 Å². The summed E-state index contributed by atoms with van der Waals surface area (Å²) in [7, 11) is 0. The van der Waals surface area contributed by atoms with Crippen LogP contribution >= 0.6 is 0 Å². The van der Waals surface area contributed by atoms with Crippen molar-refractivity contribution in [1.29, 1.82) is 5.41 Å². The minimum absolute atomic E-state index is 0.0262. The first-order valence-electron chi connectivity index (χ1n) is 6.97. The number of benzene rings is 1. The minimum atomic E-state index is -0.640. The Morgan fingerprint density at radius 3 is 2.45 bits per heavy atom. The molecular formula is C16H22N2O2. The fourth-order valence-corrected chi connectivity index (χ4v) is 1.92. The highest BCUT2D eigenvalue weighted by Crippen LogP contribution is 2.06. The van der Waals surface area contributed by atoms with Crippen molar-refractivity contribution >= 4 is 17.4 Å². The fraction of sp³-hybridized carbons (Fsp3) is 0.438. The first kappa shape index (κ1) is 16.1. The van der Waals surface area contributed by atoms with E-state index in [2.05, 4.69) is 5.32 Å². The standard InChI is InChI=1S/C16H22N2O2/c1-3-4-10-15(19)18-14(16(20)12(2)17)11-13-8-6-5-7-9-13/h5-9,14,17H,3-4,10-11H2,1-2H3,(H,18,19)/t14-/m1/s1. The highest BCUT2D eigenvalue weighted by molar-refractivity contribution is 6.39. The lowest BCUT2D eigenvalue weighted by Gasteiger charge is -2.17. The summed E-state index contributed by atoms with van der Waals surface area (Å²) in [4.78, 5) is 23.8. The van der Waals surface area contributed by atoms with Gasteiger partial charge in [0, 0.05) is 12.8 Å². The van der Waals surface area contributed by atoms with Crippen molar-refractivity contribution in [1.82, 2.24) is 5.32 Å². The quantitative estimate of drug-likeness (QED) is 0.715. The van der Waals surface area contributed by atoms with Crippen LogP contribution < -0.4 is 5.32 Å². The van der Waals surface area contributed by atoms with E-state index in [1.807, 2.05) is 37.3 Å². The van der Waals surface area contributed by atoms with Gasteiger partial charge in [0.25, 0.3) is 0 Å². The molecule has 0 radical (unpaired) electrons. The van der Waals surface area contributed by atoms with Crippen LogP contribution in [0, 0.1) is 5.41 Å². The van der Waals surface area contributed by atoms with Gasteiger partial charge in [-0.3, -0.25) is 9.59 Å². The minimum Gasteiger partial charge on any atom is -0.346 e. The van der Waals surface area contributed by atoms with Crippen molar-refractivity contribution < 1.29 is 9.59 Å². The summed E-state index contributed by atoms with van der Waals surface area (Å²) in [5.74, 6) is -0.443. The summed E-state index contributed by atoms with van der Waals surface area (Å²) in [6.07, 6.45) is 2.59. The molecule has 0 spiro atoms. The summed E-state index contributed by atoms with van der Waals surface area (Å²) in [5, 5.41) is 10.2. The number of amides is 1. The first-order chi connectivity index (χ1) is 9.54. The van der Waals surface area contributed by atoms with E-state index >= 15 is 0 Å². The van der Waals surface area contributed by atoms with Crippen LogP contribution in [-0.4, -0.2) is 23.4 Å². The van der Waals surface area contributed by atoms with E-state index < -0.39 is 6.04 Å². The van der Waals surface area contributed by atoms with Crippen molar-refractivity contribution in [2.45, 2.75) is 45.6 Å². The number of unbranched alkanes of at least 4 members (excludes halogenated alkanes) is 1. The third kappa shape index (κ3) is 5.34. The molecule has 0 aromatic heterocycles. The summed E-state index contributed by atoms with van der Waals surface area (Å²) >= 11 is 0. The molecule has 1 amide bonds. The van der Waals surface area contributed by atoms with Gasteiger partial charge >= 0.3 is 0 Å². The number of hydrogen-bond acceptors (Lipinski definition) is 3. The molecule has 0 aliphatic carbocycles. The Bertz CT molecular complexity index is 469. The topological polar surface area (TPSA) is 70.0 Å². The highest BCUT2D eigenvalue weighted by atomic mass is 16.2. The predicted molar refractivity (Wildman–Crippen MR) is 80.0 cm³/mol. The van der Waals surface area contributed by atoms with Crippen LogP contribution in [-0.2, 0) is 16.0 Å². The third-order valence-electron chi connectivity index (χ3n) is 3.06. The number of carbonyl (C=O) groups excluding carboxylic acids is 2. The molecule has 4 nitrogen and oxygen atoms in total. The maximum atomic E-state index is 12.0. The van der Waals surface area contributed by atoms with Gasteiger partial charge in [0.15, 0.2) is 5.78 Å². The zero-order valence-electron chi connectivity index (χ0n) is 12.1. The summed E-state index contributed by atoms with van der Waals surface area (Å²) in [6, 6.07) is 8.89. The fourth-order valence-electron chi connectivity index (χ4n) is 1.92. The molecule has 1 aromatic rings. The molecule has 0 aliphatic rings. The number of carbonyl (C=O) groups is 2. The second-order valence-corrected chi connectivity index (χ2v) is 4.90. The normalized spacial score (nSPS) is 11.7. The Kier molecular flexibility index (Phi) is 6.64. The van der Waals surface area contributed by atoms with E-state index in [0.29, 0.717) is 12.8 Å². The number of Topliss-reactive ketones (excluding diaryl/α,β-unsaturated/α-hetero) is 1. The van der Waals surface area contributed by atoms with Crippen molar-refractivity contribution in [2.75, 3.05) is 0 Å². The molecular weight excluding hydrogens is 252 g/mol. The molecule has 0 unspecified atom stereocenters. The summed E-state index contributed by atoms with van der Waals surface area (Å²) in [6.45, 7) is 3.47. The van der Waals surface area contributed by atoms with Crippen molar-refractivity contribution in [3.63, 3.8) is 0 Å². The van der Waals surface area contributed by atoms with Crippen LogP contribution in [0.25, 0.3) is 0 Å². The van der Waals surface area contributed by atoms with Crippen LogP contribution in [0.2, 0.25) is 0 Å². The molecule has 0 saturated heterocycles. The highest BCUT2D eigenvalue weighted by Gasteiger charge is 2.22. The van der Waals surface area contributed by atoms with E-state index in [0.717, 1.165) is 18.4 Å². The van der Waals surface area contributed by atoms with Crippen molar-refractivity contribution in [2.24, 2.45) is 0 Å². The Morgan fingerprint density at radius 2 is 1.90 bits per heavy atom. The second kappa shape index (κ2) is 8.25. The average molecular weight is 274 g/mol. The van der Waals surface area contributed by atoms with E-state index in [1.165, 1.54) is 6.92 Å². The predicted octanol–water partition coefficient (Wildman–Crippen LogP) is 2.51. The maximum absolute atomic E-state index is 12.0. The monoisotopic (exact) mass is 274 g/mol. The average Bonchev–Trinajstić information content (AvgIpc) is 2.44. The Hall–Kier alpha value is -1.97. The zero-order valence-corrected chi connectivity index (χ0v) is 12.1. The summed E-state index contributed by atoms with van der Waals surface area (Å²) in [5.41, 5.74) is 0.949. The Labute approximate surface area is 120 Å². The van der Waals surface area contributed by atoms with Gasteiger partial charge in [0.2, 0.25) is 5.91 Å². The lowest BCUT2D eigenvalue weighted by atomic mass is 10.00. The second-order valence-electron chi connectivity index (χ2n) is 4.90. The van der Waals surface area contributed by atoms with Crippen LogP contribution in [0.15, 0.2) is 30.3 Å². The number of rotatable bonds is 8. The van der Waals surface area contributed by atoms with E-state index in [4.69, 9.17) is 5.41 Å². The van der Waals surface area contributed by atoms with E-state index in [-0.39, 0.29) is 17.4 Å². The van der Waals surface area contributed by atoms with Gasteiger partial charge in [-0.05, 0) is 18.9 Å². The molecule has 0 saturated carbocycles. The van der Waals surface area contributed by atoms with Crippen molar-refractivity contribution in [3.8, 4) is 0 Å². The smallest absolute Gasteiger partial charge is 0.220 e. The van der Waals surface area contributed by atoms with Gasteiger partial charge in [-0.2, -0.15) is 0 Å². The third-order valence-corrected chi connectivity index (χ3v) is 3.06. The first-order valence-corrected chi connectivity index (χ1v) is 6.97. The molecule has 1 aromatic carbocycles. The molecule has 0 heterocycles. The largest absolute Gasteiger partial charge is 0.346 e. The number of ketones is 1.